The molecule has 0 rings (SSSR count). The normalized spacial score (nSPS) is 14.1. The molecule has 24 heavy (non-hydrogen) atoms. The van der Waals surface area contributed by atoms with Crippen molar-refractivity contribution in [3.05, 3.63) is 0 Å². The van der Waals surface area contributed by atoms with E-state index in [0.717, 1.165) is 0 Å². The van der Waals surface area contributed by atoms with Crippen molar-refractivity contribution in [2.24, 2.45) is 11.5 Å². The number of rotatable bonds is 8. The van der Waals surface area contributed by atoms with Crippen LogP contribution in [-0.2, 0) is 18.3 Å². The summed E-state index contributed by atoms with van der Waals surface area (Å²) in [6.45, 7) is 1.19. The van der Waals surface area contributed by atoms with Crippen LogP contribution >= 0.6 is 30.4 Å². The smallest absolute Gasteiger partial charge is 0.329 e. The zero-order valence-corrected chi connectivity index (χ0v) is 15.8. The maximum atomic E-state index is 11.2. The summed E-state index contributed by atoms with van der Waals surface area (Å²) in [5.41, 5.74) is 9.81. The van der Waals surface area contributed by atoms with Crippen LogP contribution < -0.4 is 11.5 Å². The van der Waals surface area contributed by atoms with E-state index in [9.17, 15) is 18.3 Å². The van der Waals surface area contributed by atoms with Crippen molar-refractivity contribution in [1.82, 2.24) is 0 Å². The maximum absolute atomic E-state index is 11.2. The predicted octanol–water partition coefficient (Wildman–Crippen LogP) is -1.96. The third kappa shape index (κ3) is 7.82. The zero-order valence-electron chi connectivity index (χ0n) is 12.2. The van der Waals surface area contributed by atoms with Gasteiger partial charge in [-0.05, 0) is 12.8 Å². The van der Waals surface area contributed by atoms with Crippen LogP contribution in [-0.4, -0.2) is 63.0 Å². The monoisotopic (exact) mass is 438 g/mol. The molecule has 0 aromatic carbocycles. The summed E-state index contributed by atoms with van der Waals surface area (Å²) in [7, 11) is -22.7. The van der Waals surface area contributed by atoms with E-state index >= 15 is 0 Å². The molecule has 0 aliphatic carbocycles. The lowest BCUT2D eigenvalue weighted by Crippen LogP contribution is -2.29. The Labute approximate surface area is 136 Å². The lowest BCUT2D eigenvalue weighted by molar-refractivity contribution is 0.293. The van der Waals surface area contributed by atoms with Gasteiger partial charge in [0.25, 0.3) is 4.64 Å². The minimum atomic E-state index is -6.01. The molecule has 12 N–H and O–H groups in total. The fourth-order valence-corrected chi connectivity index (χ4v) is 7.46. The molecule has 0 amide bonds. The summed E-state index contributed by atoms with van der Waals surface area (Å²) in [6, 6.07) is 0. The Bertz CT molecular complexity index is 513. The van der Waals surface area contributed by atoms with Crippen molar-refractivity contribution >= 4 is 30.4 Å². The number of hydrogen-bond acceptors (Lipinski definition) is 6. The lowest BCUT2D eigenvalue weighted by Gasteiger charge is -2.34. The summed E-state index contributed by atoms with van der Waals surface area (Å²) in [5, 5.41) is 0. The van der Waals surface area contributed by atoms with Gasteiger partial charge in [-0.15, -0.1) is 0 Å². The van der Waals surface area contributed by atoms with Crippen LogP contribution in [0.5, 0.6) is 0 Å². The Hall–Kier alpha value is 0.520. The van der Waals surface area contributed by atoms with E-state index in [0.29, 0.717) is 13.1 Å². The number of nitrogens with two attached hydrogens (primary N) is 2. The fourth-order valence-electron chi connectivity index (χ4n) is 1.47. The second kappa shape index (κ2) is 9.45. The molecule has 0 aliphatic heterocycles. The average Bonchev–Trinajstić information content (AvgIpc) is 2.28. The van der Waals surface area contributed by atoms with Gasteiger partial charge >= 0.3 is 30.4 Å². The van der Waals surface area contributed by atoms with Crippen LogP contribution in [0.25, 0.3) is 0 Å². The van der Waals surface area contributed by atoms with Gasteiger partial charge in [0.15, 0.2) is 0 Å². The lowest BCUT2D eigenvalue weighted by atomic mass is 10.4. The molecule has 0 atom stereocenters. The molecule has 0 aromatic heterocycles. The highest BCUT2D eigenvalue weighted by Crippen LogP contribution is 2.84. The molecule has 0 heterocycles. The first-order valence-electron chi connectivity index (χ1n) is 5.99. The van der Waals surface area contributed by atoms with E-state index in [1.165, 1.54) is 0 Å². The summed E-state index contributed by atoms with van der Waals surface area (Å²) in [5.74, 6) is 0. The Morgan fingerprint density at radius 3 is 1.12 bits per heavy atom. The van der Waals surface area contributed by atoms with Gasteiger partial charge in [0.2, 0.25) is 0 Å². The molecule has 0 bridgehead atoms. The van der Waals surface area contributed by atoms with Gasteiger partial charge in [0, 0.05) is 19.3 Å². The van der Waals surface area contributed by atoms with Gasteiger partial charge in [-0.1, -0.05) is 0 Å². The van der Waals surface area contributed by atoms with E-state index in [1.807, 2.05) is 0 Å². The standard InChI is InChI=1S/C4H14O12P4.C2H8N2/c5-17(6,7)3-1-2-4(18(8,9)10,19(11,12)13)20(14,15)16;3-1-2-4/h1-3H2,(H2,5,6,7)(H2,8,9,10)(H2,11,12,13)(H2,14,15,16);1-4H2. The Morgan fingerprint density at radius 1 is 0.667 bits per heavy atom. The Morgan fingerprint density at radius 2 is 0.958 bits per heavy atom. The van der Waals surface area contributed by atoms with Crippen LogP contribution in [0, 0.1) is 0 Å². The van der Waals surface area contributed by atoms with E-state index in [-0.39, 0.29) is 0 Å². The highest BCUT2D eigenvalue weighted by molar-refractivity contribution is 7.88. The van der Waals surface area contributed by atoms with E-state index in [4.69, 9.17) is 50.6 Å². The molecule has 14 nitrogen and oxygen atoms in total. The SMILES string of the molecule is NCCN.O=P(O)(O)CCCC(P(=O)(O)O)(P(=O)(O)O)P(=O)(O)O. The zero-order chi connectivity index (χ0) is 20.0. The molecule has 0 saturated carbocycles. The minimum absolute atomic E-state index is 0.597. The van der Waals surface area contributed by atoms with Gasteiger partial charge in [-0.3, -0.25) is 18.3 Å². The van der Waals surface area contributed by atoms with E-state index in [1.54, 1.807) is 0 Å². The minimum Gasteiger partial charge on any atom is -0.329 e. The average molecular weight is 438 g/mol. The van der Waals surface area contributed by atoms with E-state index < -0.39 is 54.0 Å². The topological polar surface area (TPSA) is 282 Å². The van der Waals surface area contributed by atoms with Gasteiger partial charge in [-0.25, -0.2) is 0 Å². The van der Waals surface area contributed by atoms with Gasteiger partial charge in [-0.2, -0.15) is 0 Å². The van der Waals surface area contributed by atoms with Crippen LogP contribution in [0.2, 0.25) is 0 Å². The molecule has 0 aromatic rings. The van der Waals surface area contributed by atoms with Gasteiger partial charge in [0.05, 0.1) is 0 Å². The first kappa shape index (κ1) is 26.7. The molecule has 0 saturated heterocycles. The maximum Gasteiger partial charge on any atom is 0.356 e. The van der Waals surface area contributed by atoms with Crippen LogP contribution in [0.3, 0.4) is 0 Å². The molecule has 18 heteroatoms. The van der Waals surface area contributed by atoms with Crippen molar-refractivity contribution < 1.29 is 57.4 Å². The highest BCUT2D eigenvalue weighted by atomic mass is 31.3. The van der Waals surface area contributed by atoms with E-state index in [2.05, 4.69) is 0 Å². The van der Waals surface area contributed by atoms with Crippen molar-refractivity contribution in [3.8, 4) is 0 Å². The number of hydrogen-bond donors (Lipinski definition) is 10. The van der Waals surface area contributed by atoms with Crippen LogP contribution in [0.1, 0.15) is 12.8 Å². The second-order valence-corrected chi connectivity index (χ2v) is 12.9. The molecule has 0 spiro atoms. The van der Waals surface area contributed by atoms with Crippen molar-refractivity contribution in [2.75, 3.05) is 19.3 Å². The van der Waals surface area contributed by atoms with Crippen LogP contribution in [0.15, 0.2) is 0 Å². The van der Waals surface area contributed by atoms with Crippen molar-refractivity contribution in [1.29, 1.82) is 0 Å². The Kier molecular flexibility index (Phi) is 10.5. The summed E-state index contributed by atoms with van der Waals surface area (Å²) in [4.78, 5) is 70.9. The Balaban J connectivity index is 0. The van der Waals surface area contributed by atoms with Gasteiger partial charge in [0.1, 0.15) is 0 Å². The molecular formula is C6H22N2O12P4. The summed E-state index contributed by atoms with van der Waals surface area (Å²) >= 11 is 0. The second-order valence-electron chi connectivity index (χ2n) is 4.48. The molecule has 0 radical (unpaired) electrons. The highest BCUT2D eigenvalue weighted by Gasteiger charge is 2.71. The third-order valence-corrected chi connectivity index (χ3v) is 11.6. The predicted molar refractivity (Wildman–Crippen MR) is 83.1 cm³/mol. The molecular weight excluding hydrogens is 416 g/mol. The summed E-state index contributed by atoms with van der Waals surface area (Å²) in [6.07, 6.45) is -3.42. The van der Waals surface area contributed by atoms with Gasteiger partial charge < -0.3 is 50.6 Å². The first-order valence-corrected chi connectivity index (χ1v) is 12.6. The quantitative estimate of drug-likeness (QED) is 0.184. The molecule has 0 aliphatic rings. The van der Waals surface area contributed by atoms with Crippen LogP contribution in [0.4, 0.5) is 0 Å². The van der Waals surface area contributed by atoms with Crippen molar-refractivity contribution in [3.63, 3.8) is 0 Å². The fraction of sp³-hybridized carbons (Fsp3) is 1.00. The molecule has 148 valence electrons. The largest absolute Gasteiger partial charge is 0.356 e. The van der Waals surface area contributed by atoms with Crippen molar-refractivity contribution in [2.45, 2.75) is 17.5 Å². The molecule has 0 fully saturated rings. The third-order valence-electron chi connectivity index (χ3n) is 2.53. The molecule has 0 unspecified atom stereocenters. The summed E-state index contributed by atoms with van der Waals surface area (Å²) < 4.78 is 40.2. The first-order chi connectivity index (χ1) is 10.4.